The molecule has 1 rings (SSSR count). The maximum Gasteiger partial charge on any atom is 0.114 e. The average molecular weight is 302 g/mol. The largest absolute Gasteiger partial charge is 0.394 e. The molecule has 124 valence electrons. The number of allylic oxidation sites excluding steroid dienone is 1. The van der Waals surface area contributed by atoms with Crippen molar-refractivity contribution in [2.75, 3.05) is 19.8 Å². The predicted octanol–water partition coefficient (Wildman–Crippen LogP) is 1.40. The third kappa shape index (κ3) is 6.89. The fourth-order valence-electron chi connectivity index (χ4n) is 2.54. The molecule has 21 heavy (non-hydrogen) atoms. The fraction of sp³-hybridized carbons (Fsp3) is 0.875. The molecular formula is C16H30O5. The lowest BCUT2D eigenvalue weighted by Crippen LogP contribution is -2.41. The monoisotopic (exact) mass is 302 g/mol. The molecule has 5 nitrogen and oxygen atoms in total. The minimum atomic E-state index is -1.05. The summed E-state index contributed by atoms with van der Waals surface area (Å²) in [6.45, 7) is 4.16. The van der Waals surface area contributed by atoms with Crippen LogP contribution in [0.4, 0.5) is 0 Å². The third-order valence-corrected chi connectivity index (χ3v) is 3.87. The Morgan fingerprint density at radius 1 is 1.19 bits per heavy atom. The first-order valence-electron chi connectivity index (χ1n) is 8.01. The van der Waals surface area contributed by atoms with Gasteiger partial charge in [0.25, 0.3) is 0 Å². The Morgan fingerprint density at radius 2 is 1.86 bits per heavy atom. The summed E-state index contributed by atoms with van der Waals surface area (Å²) in [6.07, 6.45) is 7.02. The van der Waals surface area contributed by atoms with E-state index >= 15 is 0 Å². The molecule has 0 bridgehead atoms. The zero-order chi connectivity index (χ0) is 15.5. The van der Waals surface area contributed by atoms with E-state index in [0.717, 1.165) is 19.3 Å². The van der Waals surface area contributed by atoms with Crippen LogP contribution in [0, 0.1) is 0 Å². The Kier molecular flexibility index (Phi) is 9.87. The normalized spacial score (nSPS) is 26.9. The number of hydrogen-bond donors (Lipinski definition) is 3. The molecule has 0 radical (unpaired) electrons. The minimum absolute atomic E-state index is 0.268. The molecule has 1 aliphatic heterocycles. The summed E-state index contributed by atoms with van der Waals surface area (Å²) < 4.78 is 10.9. The minimum Gasteiger partial charge on any atom is -0.394 e. The summed E-state index contributed by atoms with van der Waals surface area (Å²) >= 11 is 0. The third-order valence-electron chi connectivity index (χ3n) is 3.87. The van der Waals surface area contributed by atoms with Gasteiger partial charge in [-0.1, -0.05) is 31.8 Å². The van der Waals surface area contributed by atoms with Crippen molar-refractivity contribution in [2.45, 2.75) is 69.4 Å². The van der Waals surface area contributed by atoms with E-state index in [4.69, 9.17) is 14.6 Å². The van der Waals surface area contributed by atoms with Crippen molar-refractivity contribution in [3.63, 3.8) is 0 Å². The second-order valence-electron chi connectivity index (χ2n) is 5.65. The van der Waals surface area contributed by atoms with Crippen LogP contribution < -0.4 is 0 Å². The van der Waals surface area contributed by atoms with Crippen LogP contribution in [0.5, 0.6) is 0 Å². The molecule has 0 spiro atoms. The maximum atomic E-state index is 9.94. The summed E-state index contributed by atoms with van der Waals surface area (Å²) in [5, 5.41) is 28.3. The van der Waals surface area contributed by atoms with Crippen LogP contribution in [0.15, 0.2) is 12.7 Å². The molecule has 1 aliphatic rings. The van der Waals surface area contributed by atoms with Crippen LogP contribution in [-0.4, -0.2) is 59.6 Å². The molecule has 1 heterocycles. The Balaban J connectivity index is 1.99. The van der Waals surface area contributed by atoms with Gasteiger partial charge in [0.2, 0.25) is 0 Å². The zero-order valence-corrected chi connectivity index (χ0v) is 12.8. The van der Waals surface area contributed by atoms with E-state index in [1.807, 2.05) is 6.08 Å². The van der Waals surface area contributed by atoms with Crippen LogP contribution in [0.25, 0.3) is 0 Å². The topological polar surface area (TPSA) is 79.2 Å². The van der Waals surface area contributed by atoms with Gasteiger partial charge in [-0.3, -0.25) is 0 Å². The van der Waals surface area contributed by atoms with Crippen molar-refractivity contribution < 1.29 is 24.8 Å². The van der Waals surface area contributed by atoms with Crippen molar-refractivity contribution in [1.82, 2.24) is 0 Å². The summed E-state index contributed by atoms with van der Waals surface area (Å²) in [5.74, 6) is 0. The molecular weight excluding hydrogens is 272 g/mol. The number of ether oxygens (including phenoxy) is 2. The van der Waals surface area contributed by atoms with Crippen LogP contribution in [-0.2, 0) is 9.47 Å². The number of aliphatic hydroxyl groups is 3. The Bertz CT molecular complexity index is 271. The molecule has 0 unspecified atom stereocenters. The number of hydrogen-bond acceptors (Lipinski definition) is 5. The van der Waals surface area contributed by atoms with E-state index in [9.17, 15) is 10.2 Å². The molecule has 3 N–H and O–H groups in total. The van der Waals surface area contributed by atoms with Gasteiger partial charge in [-0.05, 0) is 19.3 Å². The lowest BCUT2D eigenvalue weighted by atomic mass is 10.1. The van der Waals surface area contributed by atoms with E-state index in [0.29, 0.717) is 6.61 Å². The molecule has 0 aromatic carbocycles. The van der Waals surface area contributed by atoms with Crippen molar-refractivity contribution in [3.05, 3.63) is 12.7 Å². The van der Waals surface area contributed by atoms with Gasteiger partial charge in [-0.25, -0.2) is 0 Å². The molecule has 0 aromatic rings. The van der Waals surface area contributed by atoms with Gasteiger partial charge in [0, 0.05) is 6.61 Å². The predicted molar refractivity (Wildman–Crippen MR) is 81.1 cm³/mol. The SMILES string of the molecule is C=CCCCCCCCCO[C@@H]1CO[C@H]([C@@H](O)CO)[C@@H]1O. The molecule has 1 saturated heterocycles. The zero-order valence-electron chi connectivity index (χ0n) is 12.8. The Labute approximate surface area is 127 Å². The number of unbranched alkanes of at least 4 members (excludes halogenated alkanes) is 6. The highest BCUT2D eigenvalue weighted by Crippen LogP contribution is 2.20. The lowest BCUT2D eigenvalue weighted by molar-refractivity contribution is -0.0730. The Hall–Kier alpha value is -0.460. The molecule has 0 saturated carbocycles. The second kappa shape index (κ2) is 11.2. The van der Waals surface area contributed by atoms with Gasteiger partial charge in [0.05, 0.1) is 13.2 Å². The molecule has 4 atom stereocenters. The van der Waals surface area contributed by atoms with Crippen molar-refractivity contribution in [2.24, 2.45) is 0 Å². The highest BCUT2D eigenvalue weighted by Gasteiger charge is 2.40. The lowest BCUT2D eigenvalue weighted by Gasteiger charge is -2.20. The summed E-state index contributed by atoms with van der Waals surface area (Å²) in [6, 6.07) is 0. The summed E-state index contributed by atoms with van der Waals surface area (Å²) in [7, 11) is 0. The van der Waals surface area contributed by atoms with Crippen LogP contribution in [0.3, 0.4) is 0 Å². The first-order chi connectivity index (χ1) is 10.2. The molecule has 5 heteroatoms. The quantitative estimate of drug-likeness (QED) is 0.375. The van der Waals surface area contributed by atoms with Gasteiger partial charge in [0.1, 0.15) is 24.4 Å². The first kappa shape index (κ1) is 18.6. The van der Waals surface area contributed by atoms with E-state index in [-0.39, 0.29) is 6.61 Å². The van der Waals surface area contributed by atoms with Gasteiger partial charge in [-0.15, -0.1) is 6.58 Å². The van der Waals surface area contributed by atoms with Crippen molar-refractivity contribution in [3.8, 4) is 0 Å². The first-order valence-corrected chi connectivity index (χ1v) is 8.01. The van der Waals surface area contributed by atoms with E-state index in [1.165, 1.54) is 25.7 Å². The van der Waals surface area contributed by atoms with Gasteiger partial charge < -0.3 is 24.8 Å². The van der Waals surface area contributed by atoms with Crippen LogP contribution in [0.2, 0.25) is 0 Å². The smallest absolute Gasteiger partial charge is 0.114 e. The highest BCUT2D eigenvalue weighted by atomic mass is 16.6. The summed E-state index contributed by atoms with van der Waals surface area (Å²) in [4.78, 5) is 0. The van der Waals surface area contributed by atoms with Gasteiger partial charge >= 0.3 is 0 Å². The Morgan fingerprint density at radius 3 is 2.52 bits per heavy atom. The van der Waals surface area contributed by atoms with E-state index in [1.54, 1.807) is 0 Å². The standard InChI is InChI=1S/C16H30O5/c1-2-3-4-5-6-7-8-9-10-20-14-12-21-16(15(14)19)13(18)11-17/h2,13-19H,1,3-12H2/t13-,14+,15+,16+/m0/s1. The maximum absolute atomic E-state index is 9.94. The van der Waals surface area contributed by atoms with Crippen molar-refractivity contribution >= 4 is 0 Å². The molecule has 0 aromatic heterocycles. The van der Waals surface area contributed by atoms with Crippen LogP contribution >= 0.6 is 0 Å². The van der Waals surface area contributed by atoms with Gasteiger partial charge in [-0.2, -0.15) is 0 Å². The number of rotatable bonds is 12. The van der Waals surface area contributed by atoms with E-state index in [2.05, 4.69) is 6.58 Å². The molecule has 1 fully saturated rings. The second-order valence-corrected chi connectivity index (χ2v) is 5.65. The van der Waals surface area contributed by atoms with Crippen LogP contribution in [0.1, 0.15) is 44.9 Å². The fourth-order valence-corrected chi connectivity index (χ4v) is 2.54. The number of aliphatic hydroxyl groups excluding tert-OH is 3. The van der Waals surface area contributed by atoms with Gasteiger partial charge in [0.15, 0.2) is 0 Å². The summed E-state index contributed by atoms with van der Waals surface area (Å²) in [5.41, 5.74) is 0. The average Bonchev–Trinajstić information content (AvgIpc) is 2.86. The molecule has 0 amide bonds. The van der Waals surface area contributed by atoms with Crippen molar-refractivity contribution in [1.29, 1.82) is 0 Å². The van der Waals surface area contributed by atoms with E-state index < -0.39 is 31.0 Å². The highest BCUT2D eigenvalue weighted by molar-refractivity contribution is 4.88. The molecule has 0 aliphatic carbocycles.